The van der Waals surface area contributed by atoms with Crippen molar-refractivity contribution in [3.05, 3.63) is 53.6 Å². The van der Waals surface area contributed by atoms with Crippen molar-refractivity contribution < 1.29 is 14.3 Å². The highest BCUT2D eigenvalue weighted by Gasteiger charge is 2.32. The predicted octanol–water partition coefficient (Wildman–Crippen LogP) is 2.17. The standard InChI is InChI=1S/C16H17N3O3/c1-22-16(21)12-5-2-4-11(10-12)15(20)19-9-3-6-13(19)14-17-7-8-18-14/h2,4-5,7-8,10,13H,3,6,9H2,1H3,(H,17,18). The summed E-state index contributed by atoms with van der Waals surface area (Å²) < 4.78 is 4.70. The van der Waals surface area contributed by atoms with Crippen molar-refractivity contribution in [3.63, 3.8) is 0 Å². The second-order valence-corrected chi connectivity index (χ2v) is 5.20. The fourth-order valence-electron chi connectivity index (χ4n) is 2.82. The number of rotatable bonds is 3. The summed E-state index contributed by atoms with van der Waals surface area (Å²) in [6.45, 7) is 0.687. The number of hydrogen-bond donors (Lipinski definition) is 1. The Kier molecular flexibility index (Phi) is 3.91. The molecule has 6 heteroatoms. The Morgan fingerprint density at radius 3 is 2.91 bits per heavy atom. The van der Waals surface area contributed by atoms with E-state index in [1.165, 1.54) is 7.11 Å². The number of imidazole rings is 1. The number of nitrogens with one attached hydrogen (secondary N) is 1. The average Bonchev–Trinajstić information content (AvgIpc) is 3.23. The summed E-state index contributed by atoms with van der Waals surface area (Å²) in [6.07, 6.45) is 5.27. The zero-order chi connectivity index (χ0) is 15.5. The number of benzene rings is 1. The van der Waals surface area contributed by atoms with Crippen molar-refractivity contribution in [1.82, 2.24) is 14.9 Å². The van der Waals surface area contributed by atoms with Gasteiger partial charge in [-0.25, -0.2) is 9.78 Å². The minimum Gasteiger partial charge on any atom is -0.465 e. The Bertz CT molecular complexity index is 682. The largest absolute Gasteiger partial charge is 0.465 e. The molecule has 3 rings (SSSR count). The Balaban J connectivity index is 1.86. The van der Waals surface area contributed by atoms with Gasteiger partial charge >= 0.3 is 5.97 Å². The summed E-state index contributed by atoms with van der Waals surface area (Å²) in [5.41, 5.74) is 0.864. The van der Waals surface area contributed by atoms with Crippen molar-refractivity contribution in [2.45, 2.75) is 18.9 Å². The van der Waals surface area contributed by atoms with Gasteiger partial charge in [0.1, 0.15) is 5.82 Å². The summed E-state index contributed by atoms with van der Waals surface area (Å²) in [6, 6.07) is 6.58. The molecule has 1 saturated heterocycles. The van der Waals surface area contributed by atoms with Gasteiger partial charge in [0.15, 0.2) is 0 Å². The molecule has 1 aromatic carbocycles. The number of nitrogens with zero attached hydrogens (tertiary/aromatic N) is 2. The molecule has 0 spiro atoms. The third kappa shape index (κ3) is 2.59. The molecule has 0 radical (unpaired) electrons. The van der Waals surface area contributed by atoms with E-state index in [1.54, 1.807) is 41.6 Å². The number of esters is 1. The van der Waals surface area contributed by atoms with E-state index in [9.17, 15) is 9.59 Å². The predicted molar refractivity (Wildman–Crippen MR) is 79.4 cm³/mol. The lowest BCUT2D eigenvalue weighted by Crippen LogP contribution is -2.31. The topological polar surface area (TPSA) is 75.3 Å². The summed E-state index contributed by atoms with van der Waals surface area (Å²) in [5.74, 6) is 0.262. The number of aromatic amines is 1. The quantitative estimate of drug-likeness (QED) is 0.881. The minimum absolute atomic E-state index is 0.0377. The van der Waals surface area contributed by atoms with Crippen molar-refractivity contribution in [3.8, 4) is 0 Å². The SMILES string of the molecule is COC(=O)c1cccc(C(=O)N2CCCC2c2ncc[nH]2)c1. The van der Waals surface area contributed by atoms with E-state index in [0.29, 0.717) is 17.7 Å². The van der Waals surface area contributed by atoms with Gasteiger partial charge in [-0.1, -0.05) is 6.07 Å². The number of ether oxygens (including phenoxy) is 1. The number of methoxy groups -OCH3 is 1. The molecule has 1 atom stereocenters. The first-order chi connectivity index (χ1) is 10.7. The highest BCUT2D eigenvalue weighted by molar-refractivity contribution is 5.98. The lowest BCUT2D eigenvalue weighted by molar-refractivity contribution is 0.0600. The molecule has 1 amide bonds. The van der Waals surface area contributed by atoms with Gasteiger partial charge in [0.25, 0.3) is 5.91 Å². The molecule has 0 aliphatic carbocycles. The van der Waals surface area contributed by atoms with Crippen LogP contribution in [0.2, 0.25) is 0 Å². The Hall–Kier alpha value is -2.63. The first kappa shape index (κ1) is 14.3. The van der Waals surface area contributed by atoms with Crippen LogP contribution in [0, 0.1) is 0 Å². The van der Waals surface area contributed by atoms with E-state index in [2.05, 4.69) is 9.97 Å². The molecule has 0 bridgehead atoms. The first-order valence-corrected chi connectivity index (χ1v) is 7.19. The molecule has 1 fully saturated rings. The Morgan fingerprint density at radius 2 is 2.18 bits per heavy atom. The summed E-state index contributed by atoms with van der Waals surface area (Å²) in [7, 11) is 1.32. The van der Waals surface area contributed by atoms with Crippen LogP contribution in [-0.4, -0.2) is 40.4 Å². The minimum atomic E-state index is -0.446. The molecular formula is C16H17N3O3. The van der Waals surface area contributed by atoms with Crippen LogP contribution in [0.4, 0.5) is 0 Å². The fraction of sp³-hybridized carbons (Fsp3) is 0.312. The van der Waals surface area contributed by atoms with Crippen molar-refractivity contribution in [1.29, 1.82) is 0 Å². The number of carbonyl (C=O) groups is 2. The third-order valence-electron chi connectivity index (χ3n) is 3.88. The van der Waals surface area contributed by atoms with Gasteiger partial charge < -0.3 is 14.6 Å². The zero-order valence-electron chi connectivity index (χ0n) is 12.3. The van der Waals surface area contributed by atoms with Crippen LogP contribution < -0.4 is 0 Å². The number of H-pyrrole nitrogens is 1. The van der Waals surface area contributed by atoms with Crippen molar-refractivity contribution in [2.24, 2.45) is 0 Å². The van der Waals surface area contributed by atoms with Gasteiger partial charge in [-0.05, 0) is 31.0 Å². The third-order valence-corrected chi connectivity index (χ3v) is 3.88. The second-order valence-electron chi connectivity index (χ2n) is 5.20. The van der Waals surface area contributed by atoms with Gasteiger partial charge in [-0.3, -0.25) is 4.79 Å². The van der Waals surface area contributed by atoms with E-state index in [0.717, 1.165) is 18.7 Å². The van der Waals surface area contributed by atoms with Gasteiger partial charge in [0.05, 0.1) is 18.7 Å². The van der Waals surface area contributed by atoms with E-state index in [-0.39, 0.29) is 11.9 Å². The monoisotopic (exact) mass is 299 g/mol. The molecule has 114 valence electrons. The maximum Gasteiger partial charge on any atom is 0.337 e. The molecule has 1 aromatic heterocycles. The highest BCUT2D eigenvalue weighted by Crippen LogP contribution is 2.31. The van der Waals surface area contributed by atoms with Crippen LogP contribution >= 0.6 is 0 Å². The van der Waals surface area contributed by atoms with Crippen LogP contribution in [-0.2, 0) is 4.74 Å². The van der Waals surface area contributed by atoms with Gasteiger partial charge in [-0.2, -0.15) is 0 Å². The number of likely N-dealkylation sites (tertiary alicyclic amines) is 1. The highest BCUT2D eigenvalue weighted by atomic mass is 16.5. The lowest BCUT2D eigenvalue weighted by Gasteiger charge is -2.23. The summed E-state index contributed by atoms with van der Waals surface area (Å²) in [5, 5.41) is 0. The van der Waals surface area contributed by atoms with E-state index in [4.69, 9.17) is 4.74 Å². The van der Waals surface area contributed by atoms with Gasteiger partial charge in [-0.15, -0.1) is 0 Å². The van der Waals surface area contributed by atoms with E-state index in [1.807, 2.05) is 0 Å². The number of carbonyl (C=O) groups excluding carboxylic acids is 2. The molecule has 2 heterocycles. The zero-order valence-corrected chi connectivity index (χ0v) is 12.3. The first-order valence-electron chi connectivity index (χ1n) is 7.19. The van der Waals surface area contributed by atoms with E-state index >= 15 is 0 Å². The van der Waals surface area contributed by atoms with Gasteiger partial charge in [0, 0.05) is 24.5 Å². The maximum absolute atomic E-state index is 12.7. The van der Waals surface area contributed by atoms with E-state index < -0.39 is 5.97 Å². The number of hydrogen-bond acceptors (Lipinski definition) is 4. The van der Waals surface area contributed by atoms with Gasteiger partial charge in [0.2, 0.25) is 0 Å². The Morgan fingerprint density at radius 1 is 1.36 bits per heavy atom. The molecule has 6 nitrogen and oxygen atoms in total. The molecule has 0 saturated carbocycles. The van der Waals surface area contributed by atoms with Crippen LogP contribution in [0.25, 0.3) is 0 Å². The maximum atomic E-state index is 12.7. The molecule has 22 heavy (non-hydrogen) atoms. The number of aromatic nitrogens is 2. The smallest absolute Gasteiger partial charge is 0.337 e. The molecule has 1 aliphatic heterocycles. The molecule has 1 N–H and O–H groups in total. The van der Waals surface area contributed by atoms with Crippen LogP contribution in [0.15, 0.2) is 36.7 Å². The van der Waals surface area contributed by atoms with Crippen LogP contribution in [0.5, 0.6) is 0 Å². The molecule has 1 unspecified atom stereocenters. The summed E-state index contributed by atoms with van der Waals surface area (Å²) in [4.78, 5) is 33.5. The van der Waals surface area contributed by atoms with Crippen LogP contribution in [0.3, 0.4) is 0 Å². The second kappa shape index (κ2) is 6.01. The molecular weight excluding hydrogens is 282 g/mol. The molecule has 2 aromatic rings. The normalized spacial score (nSPS) is 17.5. The lowest BCUT2D eigenvalue weighted by atomic mass is 10.1. The average molecular weight is 299 g/mol. The fourth-order valence-corrected chi connectivity index (χ4v) is 2.82. The van der Waals surface area contributed by atoms with Crippen LogP contribution in [0.1, 0.15) is 45.4 Å². The number of amides is 1. The molecule has 1 aliphatic rings. The van der Waals surface area contributed by atoms with Crippen molar-refractivity contribution >= 4 is 11.9 Å². The summed E-state index contributed by atoms with van der Waals surface area (Å²) >= 11 is 0. The van der Waals surface area contributed by atoms with Crippen molar-refractivity contribution in [2.75, 3.05) is 13.7 Å². The Labute approximate surface area is 128 Å².